The topological polar surface area (TPSA) is 38.9 Å². The Bertz CT molecular complexity index is 291. The molecule has 0 bridgehead atoms. The van der Waals surface area contributed by atoms with Gasteiger partial charge in [0.15, 0.2) is 0 Å². The molecule has 1 heterocycles. The molecule has 1 aromatic heterocycles. The Kier molecular flexibility index (Phi) is 2.66. The van der Waals surface area contributed by atoms with Crippen LogP contribution in [0.25, 0.3) is 0 Å². The highest BCUT2D eigenvalue weighted by Crippen LogP contribution is 2.29. The average molecular weight is 182 g/mol. The summed E-state index contributed by atoms with van der Waals surface area (Å²) in [5.41, 5.74) is 6.68. The molecule has 0 saturated carbocycles. The Hall–Kier alpha value is -0.960. The molecule has 72 valence electrons. The molecule has 0 aliphatic carbocycles. The van der Waals surface area contributed by atoms with E-state index < -0.39 is 5.95 Å². The fourth-order valence-corrected chi connectivity index (χ4v) is 1.11. The summed E-state index contributed by atoms with van der Waals surface area (Å²) in [5.74, 6) is -0.475. The minimum atomic E-state index is -0.475. The van der Waals surface area contributed by atoms with Crippen molar-refractivity contribution < 1.29 is 4.39 Å². The minimum Gasteiger partial charge on any atom is -0.324 e. The largest absolute Gasteiger partial charge is 0.324 e. The molecule has 1 rings (SSSR count). The number of aromatic nitrogens is 1. The second kappa shape index (κ2) is 3.42. The predicted molar refractivity (Wildman–Crippen MR) is 50.6 cm³/mol. The van der Waals surface area contributed by atoms with Crippen LogP contribution >= 0.6 is 0 Å². The van der Waals surface area contributed by atoms with Crippen LogP contribution in [0.4, 0.5) is 4.39 Å². The van der Waals surface area contributed by atoms with Crippen molar-refractivity contribution >= 4 is 0 Å². The molecule has 0 fully saturated rings. The van der Waals surface area contributed by atoms with Gasteiger partial charge >= 0.3 is 0 Å². The van der Waals surface area contributed by atoms with Crippen LogP contribution in [0.5, 0.6) is 0 Å². The van der Waals surface area contributed by atoms with Gasteiger partial charge in [0.25, 0.3) is 0 Å². The minimum absolute atomic E-state index is 0.0617. The van der Waals surface area contributed by atoms with E-state index in [4.69, 9.17) is 5.73 Å². The maximum absolute atomic E-state index is 12.7. The van der Waals surface area contributed by atoms with E-state index in [1.165, 1.54) is 12.3 Å². The van der Waals surface area contributed by atoms with Gasteiger partial charge in [0, 0.05) is 12.2 Å². The summed E-state index contributed by atoms with van der Waals surface area (Å²) in [5, 5.41) is 0. The van der Waals surface area contributed by atoms with E-state index in [9.17, 15) is 4.39 Å². The lowest BCUT2D eigenvalue weighted by molar-refractivity contribution is 0.326. The second-order valence-electron chi connectivity index (χ2n) is 4.26. The Morgan fingerprint density at radius 2 is 2.08 bits per heavy atom. The summed E-state index contributed by atoms with van der Waals surface area (Å²) in [4.78, 5) is 3.48. The van der Waals surface area contributed by atoms with Crippen LogP contribution in [-0.4, -0.2) is 4.98 Å². The molecule has 0 aliphatic heterocycles. The lowest BCUT2D eigenvalue weighted by Gasteiger charge is -2.27. The van der Waals surface area contributed by atoms with Crippen molar-refractivity contribution in [3.63, 3.8) is 0 Å². The number of nitrogens with two attached hydrogens (primary N) is 1. The first kappa shape index (κ1) is 10.1. The van der Waals surface area contributed by atoms with Crippen LogP contribution in [0.1, 0.15) is 32.4 Å². The van der Waals surface area contributed by atoms with Crippen LogP contribution in [0.2, 0.25) is 0 Å². The number of nitrogens with zero attached hydrogens (tertiary/aromatic N) is 1. The van der Waals surface area contributed by atoms with Crippen LogP contribution in [0, 0.1) is 11.4 Å². The number of halogens is 1. The van der Waals surface area contributed by atoms with Crippen molar-refractivity contribution in [2.75, 3.05) is 0 Å². The third-order valence-corrected chi connectivity index (χ3v) is 2.04. The van der Waals surface area contributed by atoms with Gasteiger partial charge in [-0.15, -0.1) is 0 Å². The van der Waals surface area contributed by atoms with Crippen LogP contribution in [-0.2, 0) is 0 Å². The molecule has 0 unspecified atom stereocenters. The molecule has 2 N–H and O–H groups in total. The summed E-state index contributed by atoms with van der Waals surface area (Å²) in [6.07, 6.45) is 1.44. The molecule has 0 spiro atoms. The lowest BCUT2D eigenvalue weighted by atomic mass is 9.83. The van der Waals surface area contributed by atoms with E-state index in [0.717, 1.165) is 5.56 Å². The van der Waals surface area contributed by atoms with E-state index in [1.807, 2.05) is 20.8 Å². The summed E-state index contributed by atoms with van der Waals surface area (Å²) >= 11 is 0. The molecule has 1 aromatic rings. The van der Waals surface area contributed by atoms with Crippen LogP contribution < -0.4 is 5.73 Å². The van der Waals surface area contributed by atoms with Gasteiger partial charge in [-0.2, -0.15) is 4.39 Å². The molecule has 13 heavy (non-hydrogen) atoms. The second-order valence-corrected chi connectivity index (χ2v) is 4.26. The van der Waals surface area contributed by atoms with Gasteiger partial charge in [-0.1, -0.05) is 20.8 Å². The van der Waals surface area contributed by atoms with E-state index in [1.54, 1.807) is 6.07 Å². The van der Waals surface area contributed by atoms with Crippen molar-refractivity contribution in [1.82, 2.24) is 4.98 Å². The van der Waals surface area contributed by atoms with Gasteiger partial charge in [-0.25, -0.2) is 4.98 Å². The van der Waals surface area contributed by atoms with Crippen molar-refractivity contribution in [1.29, 1.82) is 0 Å². The van der Waals surface area contributed by atoms with E-state index in [0.29, 0.717) is 0 Å². The maximum atomic E-state index is 12.7. The van der Waals surface area contributed by atoms with Crippen LogP contribution in [0.15, 0.2) is 18.3 Å². The zero-order chi connectivity index (χ0) is 10.1. The molecule has 2 nitrogen and oxygen atoms in total. The van der Waals surface area contributed by atoms with Crippen molar-refractivity contribution in [3.8, 4) is 0 Å². The predicted octanol–water partition coefficient (Wildman–Crippen LogP) is 2.27. The van der Waals surface area contributed by atoms with Gasteiger partial charge in [0.05, 0.1) is 0 Å². The molecule has 3 heteroatoms. The van der Waals surface area contributed by atoms with E-state index >= 15 is 0 Å². The molecule has 0 amide bonds. The fourth-order valence-electron chi connectivity index (χ4n) is 1.11. The average Bonchev–Trinajstić information content (AvgIpc) is 2.01. The molecule has 1 atom stereocenters. The van der Waals surface area contributed by atoms with Gasteiger partial charge in [0.1, 0.15) is 0 Å². The molecule has 0 radical (unpaired) electrons. The third kappa shape index (κ3) is 2.49. The molecular formula is C10H15FN2. The van der Waals surface area contributed by atoms with Gasteiger partial charge in [0.2, 0.25) is 5.95 Å². The highest BCUT2D eigenvalue weighted by Gasteiger charge is 2.22. The van der Waals surface area contributed by atoms with Crippen molar-refractivity contribution in [2.24, 2.45) is 11.1 Å². The number of hydrogen-bond donors (Lipinski definition) is 1. The zero-order valence-electron chi connectivity index (χ0n) is 8.21. The Morgan fingerprint density at radius 1 is 1.46 bits per heavy atom. The first-order valence-corrected chi connectivity index (χ1v) is 4.28. The molecule has 0 aliphatic rings. The number of pyridine rings is 1. The van der Waals surface area contributed by atoms with Gasteiger partial charge < -0.3 is 5.73 Å². The third-order valence-electron chi connectivity index (χ3n) is 2.04. The summed E-state index contributed by atoms with van der Waals surface area (Å²) in [6.45, 7) is 6.07. The highest BCUT2D eigenvalue weighted by atomic mass is 19.1. The normalized spacial score (nSPS) is 14.2. The molecule has 0 saturated heterocycles. The summed E-state index contributed by atoms with van der Waals surface area (Å²) in [6, 6.07) is 2.97. The lowest BCUT2D eigenvalue weighted by Crippen LogP contribution is -2.26. The molecular weight excluding hydrogens is 167 g/mol. The first-order valence-electron chi connectivity index (χ1n) is 4.28. The summed E-state index contributed by atoms with van der Waals surface area (Å²) in [7, 11) is 0. The first-order chi connectivity index (χ1) is 5.91. The zero-order valence-corrected chi connectivity index (χ0v) is 8.21. The fraction of sp³-hybridized carbons (Fsp3) is 0.500. The smallest absolute Gasteiger partial charge is 0.213 e. The van der Waals surface area contributed by atoms with Crippen molar-refractivity contribution in [2.45, 2.75) is 26.8 Å². The Labute approximate surface area is 78.0 Å². The monoisotopic (exact) mass is 182 g/mol. The van der Waals surface area contributed by atoms with Crippen molar-refractivity contribution in [3.05, 3.63) is 29.8 Å². The van der Waals surface area contributed by atoms with E-state index in [-0.39, 0.29) is 11.5 Å². The maximum Gasteiger partial charge on any atom is 0.213 e. The van der Waals surface area contributed by atoms with E-state index in [2.05, 4.69) is 4.98 Å². The Balaban J connectivity index is 2.96. The molecule has 0 aromatic carbocycles. The quantitative estimate of drug-likeness (QED) is 0.676. The van der Waals surface area contributed by atoms with Gasteiger partial charge in [-0.05, 0) is 23.1 Å². The van der Waals surface area contributed by atoms with Gasteiger partial charge in [-0.3, -0.25) is 0 Å². The number of hydrogen-bond acceptors (Lipinski definition) is 2. The Morgan fingerprint density at radius 3 is 2.54 bits per heavy atom. The summed E-state index contributed by atoms with van der Waals surface area (Å²) < 4.78 is 12.7. The SMILES string of the molecule is CC(C)(C)[C@@H](N)c1ccnc(F)c1. The highest BCUT2D eigenvalue weighted by molar-refractivity contribution is 5.17. The van der Waals surface area contributed by atoms with Crippen LogP contribution in [0.3, 0.4) is 0 Å². The standard InChI is InChI=1S/C10H15FN2/c1-10(2,3)9(12)7-4-5-13-8(11)6-7/h4-6,9H,12H2,1-3H3/t9-/m0/s1. The number of rotatable bonds is 1.